The first kappa shape index (κ1) is 15.4. The molecule has 2 aromatic rings. The summed E-state index contributed by atoms with van der Waals surface area (Å²) in [5.74, 6) is 0.230. The van der Waals surface area contributed by atoms with E-state index in [1.165, 1.54) is 6.07 Å². The Morgan fingerprint density at radius 2 is 2.29 bits per heavy atom. The van der Waals surface area contributed by atoms with E-state index in [2.05, 4.69) is 11.9 Å². The third-order valence-electron chi connectivity index (χ3n) is 2.90. The standard InChI is InChI=1S/C14H17N3O3S/c1-2-3-14-16-11(9-21-14)8-20-13-6-10(7-15)4-5-12(13)17(18)19/h4-6,9H,2-3,7-8,15H2,1H3. The first-order valence-corrected chi connectivity index (χ1v) is 7.55. The zero-order valence-electron chi connectivity index (χ0n) is 11.7. The monoisotopic (exact) mass is 307 g/mol. The van der Waals surface area contributed by atoms with Gasteiger partial charge in [0.2, 0.25) is 0 Å². The molecule has 0 fully saturated rings. The number of benzene rings is 1. The van der Waals surface area contributed by atoms with Gasteiger partial charge in [-0.25, -0.2) is 4.98 Å². The van der Waals surface area contributed by atoms with Crippen LogP contribution in [0, 0.1) is 10.1 Å². The molecular formula is C14H17N3O3S. The van der Waals surface area contributed by atoms with Crippen molar-refractivity contribution in [1.29, 1.82) is 0 Å². The molecule has 0 unspecified atom stereocenters. The van der Waals surface area contributed by atoms with E-state index in [9.17, 15) is 10.1 Å². The van der Waals surface area contributed by atoms with E-state index in [4.69, 9.17) is 10.5 Å². The third kappa shape index (κ3) is 3.99. The highest BCUT2D eigenvalue weighted by Gasteiger charge is 2.16. The topological polar surface area (TPSA) is 91.3 Å². The number of rotatable bonds is 7. The van der Waals surface area contributed by atoms with Gasteiger partial charge in [0, 0.05) is 18.0 Å². The van der Waals surface area contributed by atoms with Crippen LogP contribution in [0.3, 0.4) is 0 Å². The van der Waals surface area contributed by atoms with Crippen LogP contribution in [0.25, 0.3) is 0 Å². The highest BCUT2D eigenvalue weighted by atomic mass is 32.1. The van der Waals surface area contributed by atoms with Gasteiger partial charge in [-0.05, 0) is 24.5 Å². The van der Waals surface area contributed by atoms with E-state index < -0.39 is 4.92 Å². The number of nitro groups is 1. The van der Waals surface area contributed by atoms with E-state index in [1.807, 2.05) is 5.38 Å². The number of nitro benzene ring substituents is 1. The molecule has 0 aliphatic rings. The minimum atomic E-state index is -0.459. The molecule has 0 amide bonds. The SMILES string of the molecule is CCCc1nc(COc2cc(CN)ccc2[N+](=O)[O-])cs1. The fourth-order valence-electron chi connectivity index (χ4n) is 1.85. The average molecular weight is 307 g/mol. The van der Waals surface area contributed by atoms with E-state index in [1.54, 1.807) is 23.5 Å². The molecule has 112 valence electrons. The number of hydrogen-bond acceptors (Lipinski definition) is 6. The summed E-state index contributed by atoms with van der Waals surface area (Å²) in [5, 5.41) is 14.0. The Balaban J connectivity index is 2.12. The highest BCUT2D eigenvalue weighted by Crippen LogP contribution is 2.28. The van der Waals surface area contributed by atoms with Crippen LogP contribution in [-0.2, 0) is 19.6 Å². The van der Waals surface area contributed by atoms with E-state index in [-0.39, 0.29) is 18.0 Å². The fourth-order valence-corrected chi connectivity index (χ4v) is 2.73. The van der Waals surface area contributed by atoms with Gasteiger partial charge in [0.05, 0.1) is 15.6 Å². The Kier molecular flexibility index (Phi) is 5.24. The van der Waals surface area contributed by atoms with Crippen molar-refractivity contribution in [2.24, 2.45) is 5.73 Å². The van der Waals surface area contributed by atoms with Crippen LogP contribution in [0.2, 0.25) is 0 Å². The van der Waals surface area contributed by atoms with Crippen molar-refractivity contribution in [1.82, 2.24) is 4.98 Å². The minimum Gasteiger partial charge on any atom is -0.480 e. The fraction of sp³-hybridized carbons (Fsp3) is 0.357. The minimum absolute atomic E-state index is 0.0591. The van der Waals surface area contributed by atoms with Gasteiger partial charge in [-0.1, -0.05) is 13.0 Å². The van der Waals surface area contributed by atoms with Gasteiger partial charge in [0.25, 0.3) is 0 Å². The van der Waals surface area contributed by atoms with Crippen molar-refractivity contribution in [2.45, 2.75) is 32.9 Å². The molecule has 0 saturated carbocycles. The lowest BCUT2D eigenvalue weighted by Crippen LogP contribution is -2.02. The Bertz CT molecular complexity index is 628. The summed E-state index contributed by atoms with van der Waals surface area (Å²) in [6.07, 6.45) is 1.98. The maximum atomic E-state index is 11.0. The Labute approximate surface area is 126 Å². The molecule has 2 rings (SSSR count). The zero-order valence-corrected chi connectivity index (χ0v) is 12.6. The maximum Gasteiger partial charge on any atom is 0.310 e. The Morgan fingerprint density at radius 1 is 1.48 bits per heavy atom. The lowest BCUT2D eigenvalue weighted by molar-refractivity contribution is -0.386. The van der Waals surface area contributed by atoms with Crippen LogP contribution in [-0.4, -0.2) is 9.91 Å². The summed E-state index contributed by atoms with van der Waals surface area (Å²) >= 11 is 1.58. The van der Waals surface area contributed by atoms with Gasteiger partial charge in [0.1, 0.15) is 6.61 Å². The van der Waals surface area contributed by atoms with Gasteiger partial charge < -0.3 is 10.5 Å². The van der Waals surface area contributed by atoms with Gasteiger partial charge in [-0.3, -0.25) is 10.1 Å². The number of nitrogens with zero attached hydrogens (tertiary/aromatic N) is 2. The number of ether oxygens (including phenoxy) is 1. The van der Waals surface area contributed by atoms with Gasteiger partial charge in [0.15, 0.2) is 5.75 Å². The van der Waals surface area contributed by atoms with E-state index in [0.717, 1.165) is 29.1 Å². The Morgan fingerprint density at radius 3 is 2.95 bits per heavy atom. The Hall–Kier alpha value is -1.99. The van der Waals surface area contributed by atoms with Crippen LogP contribution in [0.1, 0.15) is 29.6 Å². The molecule has 0 aliphatic heterocycles. The predicted molar refractivity (Wildman–Crippen MR) is 81.4 cm³/mol. The third-order valence-corrected chi connectivity index (χ3v) is 3.85. The summed E-state index contributed by atoms with van der Waals surface area (Å²) in [4.78, 5) is 15.0. The van der Waals surface area contributed by atoms with Crippen molar-refractivity contribution in [3.05, 3.63) is 50.0 Å². The number of hydrogen-bond donors (Lipinski definition) is 1. The molecule has 0 atom stereocenters. The van der Waals surface area contributed by atoms with Crippen LogP contribution >= 0.6 is 11.3 Å². The molecule has 6 nitrogen and oxygen atoms in total. The molecule has 0 aliphatic carbocycles. The molecule has 7 heteroatoms. The molecule has 0 bridgehead atoms. The number of thiazole rings is 1. The van der Waals surface area contributed by atoms with Crippen molar-refractivity contribution >= 4 is 17.0 Å². The van der Waals surface area contributed by atoms with Crippen molar-refractivity contribution in [3.63, 3.8) is 0 Å². The summed E-state index contributed by atoms with van der Waals surface area (Å²) in [7, 11) is 0. The lowest BCUT2D eigenvalue weighted by Gasteiger charge is -2.07. The normalized spacial score (nSPS) is 10.6. The predicted octanol–water partition coefficient (Wildman–Crippen LogP) is 3.04. The van der Waals surface area contributed by atoms with Crippen LogP contribution in [0.5, 0.6) is 5.75 Å². The lowest BCUT2D eigenvalue weighted by atomic mass is 10.2. The molecule has 1 aromatic carbocycles. The summed E-state index contributed by atoms with van der Waals surface area (Å²) < 4.78 is 5.57. The highest BCUT2D eigenvalue weighted by molar-refractivity contribution is 7.09. The summed E-state index contributed by atoms with van der Waals surface area (Å²) in [5.41, 5.74) is 7.07. The van der Waals surface area contributed by atoms with Crippen LogP contribution in [0.4, 0.5) is 5.69 Å². The number of nitrogens with two attached hydrogens (primary N) is 1. The van der Waals surface area contributed by atoms with Gasteiger partial charge in [-0.15, -0.1) is 11.3 Å². The van der Waals surface area contributed by atoms with Crippen LogP contribution in [0.15, 0.2) is 23.6 Å². The van der Waals surface area contributed by atoms with E-state index >= 15 is 0 Å². The van der Waals surface area contributed by atoms with Gasteiger partial charge >= 0.3 is 5.69 Å². The zero-order chi connectivity index (χ0) is 15.2. The molecule has 0 spiro atoms. The van der Waals surface area contributed by atoms with E-state index in [0.29, 0.717) is 6.54 Å². The van der Waals surface area contributed by atoms with Gasteiger partial charge in [-0.2, -0.15) is 0 Å². The van der Waals surface area contributed by atoms with Crippen molar-refractivity contribution < 1.29 is 9.66 Å². The molecule has 0 saturated heterocycles. The molecule has 1 aromatic heterocycles. The van der Waals surface area contributed by atoms with Crippen molar-refractivity contribution in [3.8, 4) is 5.75 Å². The maximum absolute atomic E-state index is 11.0. The largest absolute Gasteiger partial charge is 0.480 e. The summed E-state index contributed by atoms with van der Waals surface area (Å²) in [6.45, 7) is 2.63. The molecule has 2 N–H and O–H groups in total. The molecule has 1 heterocycles. The first-order valence-electron chi connectivity index (χ1n) is 6.67. The average Bonchev–Trinajstić information content (AvgIpc) is 2.92. The quantitative estimate of drug-likeness (QED) is 0.627. The second kappa shape index (κ2) is 7.14. The second-order valence-electron chi connectivity index (χ2n) is 4.53. The second-order valence-corrected chi connectivity index (χ2v) is 5.48. The molecule has 0 radical (unpaired) electrons. The van der Waals surface area contributed by atoms with Crippen molar-refractivity contribution in [2.75, 3.05) is 0 Å². The smallest absolute Gasteiger partial charge is 0.310 e. The van der Waals surface area contributed by atoms with Crippen LogP contribution < -0.4 is 10.5 Å². The number of aromatic nitrogens is 1. The molecule has 21 heavy (non-hydrogen) atoms. The number of aryl methyl sites for hydroxylation is 1. The first-order chi connectivity index (χ1) is 10.1. The molecular weight excluding hydrogens is 290 g/mol. The summed E-state index contributed by atoms with van der Waals surface area (Å²) in [6, 6.07) is 4.66.